The van der Waals surface area contributed by atoms with Gasteiger partial charge in [0.2, 0.25) is 5.88 Å². The SMILES string of the molecule is Cc1ccc(-n2[nH]c(=O)c(/C=c3/c(C)c(C#N)c4nc5ccccc5n4c3=O)c2O)cc1Cl. The lowest BCUT2D eigenvalue weighted by atomic mass is 10.1. The van der Waals surface area contributed by atoms with Gasteiger partial charge in [-0.15, -0.1) is 0 Å². The van der Waals surface area contributed by atoms with Crippen LogP contribution in [0.25, 0.3) is 28.4 Å². The van der Waals surface area contributed by atoms with Gasteiger partial charge in [0, 0.05) is 10.2 Å². The number of nitriles is 1. The normalized spacial score (nSPS) is 12.0. The van der Waals surface area contributed by atoms with Crippen molar-refractivity contribution in [3.8, 4) is 17.6 Å². The van der Waals surface area contributed by atoms with Gasteiger partial charge in [-0.25, -0.2) is 9.67 Å². The summed E-state index contributed by atoms with van der Waals surface area (Å²) in [6.07, 6.45) is 1.30. The second-order valence-corrected chi connectivity index (χ2v) is 8.09. The maximum atomic E-state index is 13.4. The Balaban J connectivity index is 1.84. The number of aromatic amines is 1. The number of pyridine rings is 1. The largest absolute Gasteiger partial charge is 0.493 e. The summed E-state index contributed by atoms with van der Waals surface area (Å²) in [6, 6.07) is 14.2. The van der Waals surface area contributed by atoms with Gasteiger partial charge in [-0.1, -0.05) is 29.8 Å². The van der Waals surface area contributed by atoms with E-state index < -0.39 is 11.1 Å². The van der Waals surface area contributed by atoms with Crippen molar-refractivity contribution in [1.29, 1.82) is 5.26 Å². The second kappa shape index (κ2) is 7.36. The Morgan fingerprint density at radius 3 is 2.67 bits per heavy atom. The first-order chi connectivity index (χ1) is 15.8. The molecule has 3 aromatic heterocycles. The number of nitrogens with one attached hydrogen (secondary N) is 1. The van der Waals surface area contributed by atoms with Crippen LogP contribution in [-0.4, -0.2) is 24.3 Å². The van der Waals surface area contributed by atoms with Crippen molar-refractivity contribution in [1.82, 2.24) is 19.2 Å². The molecule has 0 bridgehead atoms. The molecule has 0 radical (unpaired) electrons. The average Bonchev–Trinajstić information content (AvgIpc) is 3.31. The van der Waals surface area contributed by atoms with E-state index in [0.717, 1.165) is 5.56 Å². The van der Waals surface area contributed by atoms with Gasteiger partial charge >= 0.3 is 0 Å². The fourth-order valence-corrected chi connectivity index (χ4v) is 4.08. The molecule has 3 heterocycles. The summed E-state index contributed by atoms with van der Waals surface area (Å²) in [5.41, 5.74) is 2.11. The summed E-state index contributed by atoms with van der Waals surface area (Å²) < 4.78 is 2.55. The molecule has 5 aromatic rings. The molecular weight excluding hydrogens is 442 g/mol. The van der Waals surface area contributed by atoms with Crippen LogP contribution in [0.5, 0.6) is 5.88 Å². The molecule has 2 aromatic carbocycles. The molecule has 2 N–H and O–H groups in total. The van der Waals surface area contributed by atoms with Crippen molar-refractivity contribution in [2.45, 2.75) is 13.8 Å². The molecule has 9 heteroatoms. The summed E-state index contributed by atoms with van der Waals surface area (Å²) in [5.74, 6) is -0.382. The molecule has 0 aliphatic heterocycles. The Labute approximate surface area is 191 Å². The van der Waals surface area contributed by atoms with Gasteiger partial charge in [-0.3, -0.25) is 19.1 Å². The monoisotopic (exact) mass is 457 g/mol. The van der Waals surface area contributed by atoms with Crippen LogP contribution in [0.3, 0.4) is 0 Å². The van der Waals surface area contributed by atoms with Crippen molar-refractivity contribution in [2.24, 2.45) is 0 Å². The number of aryl methyl sites for hydroxylation is 1. The maximum Gasteiger partial charge on any atom is 0.275 e. The van der Waals surface area contributed by atoms with Crippen LogP contribution in [0.1, 0.15) is 22.3 Å². The summed E-state index contributed by atoms with van der Waals surface area (Å²) in [7, 11) is 0. The highest BCUT2D eigenvalue weighted by molar-refractivity contribution is 6.31. The number of H-pyrrole nitrogens is 1. The second-order valence-electron chi connectivity index (χ2n) is 7.68. The molecule has 0 aliphatic rings. The predicted octanol–water partition coefficient (Wildman–Crippen LogP) is 2.72. The molecule has 0 spiro atoms. The van der Waals surface area contributed by atoms with E-state index in [9.17, 15) is 20.0 Å². The number of nitrogens with zero attached hydrogens (tertiary/aromatic N) is 4. The topological polar surface area (TPSA) is 116 Å². The zero-order valence-corrected chi connectivity index (χ0v) is 18.3. The van der Waals surface area contributed by atoms with Crippen LogP contribution in [0.4, 0.5) is 0 Å². The van der Waals surface area contributed by atoms with E-state index in [4.69, 9.17) is 11.6 Å². The minimum atomic E-state index is -0.600. The lowest BCUT2D eigenvalue weighted by molar-refractivity contribution is 0.432. The fraction of sp³-hybridized carbons (Fsp3) is 0.0833. The van der Waals surface area contributed by atoms with Crippen LogP contribution in [0, 0.1) is 25.2 Å². The van der Waals surface area contributed by atoms with Crippen molar-refractivity contribution < 1.29 is 5.11 Å². The standard InChI is InChI=1S/C24H16ClN5O3/c1-12-7-8-14(9-18(12)25)30-24(33)16(22(31)28-30)10-15-13(2)17(11-26)21-27-19-5-3-4-6-20(19)29(21)23(15)32/h3-10,33H,1-2H3,(H,28,31)/b15-10-. The molecule has 0 saturated carbocycles. The highest BCUT2D eigenvalue weighted by Crippen LogP contribution is 2.24. The van der Waals surface area contributed by atoms with Crippen molar-refractivity contribution in [3.63, 3.8) is 0 Å². The molecule has 5 rings (SSSR count). The first-order valence-corrected chi connectivity index (χ1v) is 10.4. The number of hydrogen-bond acceptors (Lipinski definition) is 5. The third-order valence-electron chi connectivity index (χ3n) is 5.72. The van der Waals surface area contributed by atoms with Crippen molar-refractivity contribution >= 4 is 34.4 Å². The van der Waals surface area contributed by atoms with Gasteiger partial charge in [0.1, 0.15) is 11.6 Å². The zero-order chi connectivity index (χ0) is 23.4. The third kappa shape index (κ3) is 3.02. The molecule has 0 amide bonds. The fourth-order valence-electron chi connectivity index (χ4n) is 3.91. The molecule has 0 aliphatic carbocycles. The number of halogens is 1. The van der Waals surface area contributed by atoms with E-state index in [-0.39, 0.29) is 27.9 Å². The van der Waals surface area contributed by atoms with Crippen LogP contribution >= 0.6 is 11.6 Å². The number of para-hydroxylation sites is 2. The van der Waals surface area contributed by atoms with Crippen molar-refractivity contribution in [3.05, 3.63) is 95.7 Å². The molecule has 0 atom stereocenters. The Morgan fingerprint density at radius 2 is 1.94 bits per heavy atom. The smallest absolute Gasteiger partial charge is 0.275 e. The first kappa shape index (κ1) is 20.5. The van der Waals surface area contributed by atoms with E-state index in [1.807, 2.05) is 6.92 Å². The number of aromatic hydroxyl groups is 1. The molecule has 33 heavy (non-hydrogen) atoms. The minimum absolute atomic E-state index is 0.112. The van der Waals surface area contributed by atoms with Gasteiger partial charge in [0.05, 0.1) is 22.3 Å². The van der Waals surface area contributed by atoms with Crippen LogP contribution < -0.4 is 16.3 Å². The third-order valence-corrected chi connectivity index (χ3v) is 6.13. The first-order valence-electron chi connectivity index (χ1n) is 9.98. The van der Waals surface area contributed by atoms with E-state index in [1.165, 1.54) is 15.2 Å². The molecule has 8 nitrogen and oxygen atoms in total. The molecule has 0 fully saturated rings. The number of aromatic nitrogens is 4. The van der Waals surface area contributed by atoms with Crippen LogP contribution in [0.2, 0.25) is 5.02 Å². The van der Waals surface area contributed by atoms with Gasteiger partial charge in [-0.05, 0) is 55.3 Å². The Morgan fingerprint density at radius 1 is 1.18 bits per heavy atom. The van der Waals surface area contributed by atoms with E-state index in [1.54, 1.807) is 49.4 Å². The number of fused-ring (bicyclic) bond motifs is 3. The lowest BCUT2D eigenvalue weighted by Crippen LogP contribution is -2.34. The van der Waals surface area contributed by atoms with Gasteiger partial charge in [0.25, 0.3) is 11.1 Å². The summed E-state index contributed by atoms with van der Waals surface area (Å²) in [6.45, 7) is 3.46. The minimum Gasteiger partial charge on any atom is -0.493 e. The average molecular weight is 458 g/mol. The number of imidazole rings is 1. The van der Waals surface area contributed by atoms with Gasteiger partial charge < -0.3 is 5.11 Å². The highest BCUT2D eigenvalue weighted by Gasteiger charge is 2.19. The number of rotatable bonds is 2. The molecule has 162 valence electrons. The van der Waals surface area contributed by atoms with E-state index in [2.05, 4.69) is 16.2 Å². The summed E-state index contributed by atoms with van der Waals surface area (Å²) in [5, 5.41) is 23.7. The summed E-state index contributed by atoms with van der Waals surface area (Å²) in [4.78, 5) is 30.6. The Hall–Kier alpha value is -4.35. The highest BCUT2D eigenvalue weighted by atomic mass is 35.5. The van der Waals surface area contributed by atoms with E-state index in [0.29, 0.717) is 27.3 Å². The van der Waals surface area contributed by atoms with Crippen LogP contribution in [0.15, 0.2) is 52.1 Å². The predicted molar refractivity (Wildman–Crippen MR) is 125 cm³/mol. The Kier molecular flexibility index (Phi) is 4.58. The van der Waals surface area contributed by atoms with Crippen molar-refractivity contribution in [2.75, 3.05) is 0 Å². The van der Waals surface area contributed by atoms with Gasteiger partial charge in [-0.2, -0.15) is 5.26 Å². The maximum absolute atomic E-state index is 13.4. The molecule has 0 saturated heterocycles. The zero-order valence-electron chi connectivity index (χ0n) is 17.5. The summed E-state index contributed by atoms with van der Waals surface area (Å²) >= 11 is 6.18. The number of benzene rings is 2. The van der Waals surface area contributed by atoms with Gasteiger partial charge in [0.15, 0.2) is 5.65 Å². The number of hydrogen-bond donors (Lipinski definition) is 2. The Bertz CT molecular complexity index is 1820. The van der Waals surface area contributed by atoms with E-state index >= 15 is 0 Å². The van der Waals surface area contributed by atoms with Crippen LogP contribution in [-0.2, 0) is 0 Å². The molecular formula is C24H16ClN5O3. The lowest BCUT2D eigenvalue weighted by Gasteiger charge is -2.06. The quantitative estimate of drug-likeness (QED) is 0.423. The molecule has 0 unspecified atom stereocenters.